The van der Waals surface area contributed by atoms with Crippen molar-refractivity contribution in [1.82, 2.24) is 20.2 Å². The average molecular weight is 585 g/mol. The van der Waals surface area contributed by atoms with Crippen LogP contribution in [0.4, 0.5) is 0 Å². The molecule has 43 heavy (non-hydrogen) atoms. The van der Waals surface area contributed by atoms with E-state index in [1.54, 1.807) is 0 Å². The lowest BCUT2D eigenvalue weighted by Gasteiger charge is -2.36. The van der Waals surface area contributed by atoms with Gasteiger partial charge in [0.25, 0.3) is 0 Å². The minimum Gasteiger partial charge on any atom is -0.392 e. The molecule has 3 atom stereocenters. The number of para-hydroxylation sites is 2. The molecular formula is C34H40N4O5. The van der Waals surface area contributed by atoms with E-state index in [1.807, 2.05) is 73.1 Å². The normalized spacial score (nSPS) is 18.4. The van der Waals surface area contributed by atoms with Gasteiger partial charge >= 0.3 is 0 Å². The summed E-state index contributed by atoms with van der Waals surface area (Å²) in [4.78, 5) is 27.8. The number of unbranched alkanes of at least 4 members (excludes halogenated alkanes) is 2. The molecule has 4 aromatic rings. The minimum absolute atomic E-state index is 0.000601. The molecule has 5 rings (SSSR count). The van der Waals surface area contributed by atoms with Gasteiger partial charge in [0.05, 0.1) is 42.7 Å². The number of carbonyl (C=O) groups excluding carboxylic acids is 2. The van der Waals surface area contributed by atoms with Gasteiger partial charge in [0.1, 0.15) is 0 Å². The molecule has 3 N–H and O–H groups in total. The van der Waals surface area contributed by atoms with Gasteiger partial charge in [0.2, 0.25) is 11.8 Å². The zero-order valence-corrected chi connectivity index (χ0v) is 24.6. The molecule has 0 radical (unpaired) electrons. The van der Waals surface area contributed by atoms with Crippen LogP contribution in [0.3, 0.4) is 0 Å². The number of benzene rings is 3. The Morgan fingerprint density at radius 2 is 1.65 bits per heavy atom. The van der Waals surface area contributed by atoms with E-state index in [9.17, 15) is 14.7 Å². The molecule has 0 saturated carbocycles. The van der Waals surface area contributed by atoms with Crippen LogP contribution in [0.25, 0.3) is 11.0 Å². The fourth-order valence-electron chi connectivity index (χ4n) is 5.34. The number of imidazole rings is 1. The molecule has 3 aromatic carbocycles. The van der Waals surface area contributed by atoms with E-state index in [4.69, 9.17) is 9.47 Å². The Balaban J connectivity index is 1.20. The van der Waals surface area contributed by atoms with Crippen molar-refractivity contribution < 1.29 is 24.2 Å². The van der Waals surface area contributed by atoms with Crippen LogP contribution in [0.5, 0.6) is 0 Å². The third-order valence-corrected chi connectivity index (χ3v) is 7.74. The quantitative estimate of drug-likeness (QED) is 0.189. The van der Waals surface area contributed by atoms with Crippen LogP contribution in [0.1, 0.15) is 73.7 Å². The molecule has 1 aromatic heterocycles. The Hall–Kier alpha value is -4.05. The van der Waals surface area contributed by atoms with E-state index in [0.29, 0.717) is 32.5 Å². The maximum absolute atomic E-state index is 12.3. The van der Waals surface area contributed by atoms with E-state index in [2.05, 4.69) is 26.3 Å². The molecule has 2 heterocycles. The van der Waals surface area contributed by atoms with Crippen LogP contribution >= 0.6 is 0 Å². The summed E-state index contributed by atoms with van der Waals surface area (Å²) in [6, 6.07) is 23.9. The molecule has 2 amide bonds. The van der Waals surface area contributed by atoms with Gasteiger partial charge in [-0.15, -0.1) is 0 Å². The number of ether oxygens (including phenoxy) is 2. The second-order valence-corrected chi connectivity index (χ2v) is 11.0. The van der Waals surface area contributed by atoms with Crippen molar-refractivity contribution in [3.05, 3.63) is 101 Å². The van der Waals surface area contributed by atoms with Crippen LogP contribution in [0.15, 0.2) is 79.1 Å². The number of aliphatic hydroxyl groups is 1. The Morgan fingerprint density at radius 1 is 0.907 bits per heavy atom. The molecule has 1 aliphatic heterocycles. The molecule has 0 spiro atoms. The molecule has 0 aliphatic carbocycles. The maximum atomic E-state index is 12.3. The number of fused-ring (bicyclic) bond motifs is 1. The summed E-state index contributed by atoms with van der Waals surface area (Å²) in [6.45, 7) is 3.25. The van der Waals surface area contributed by atoms with Crippen LogP contribution in [0, 0.1) is 0 Å². The van der Waals surface area contributed by atoms with Crippen LogP contribution in [0.2, 0.25) is 0 Å². The number of hydrogen-bond acceptors (Lipinski definition) is 6. The number of aliphatic hydroxyl groups excluding tert-OH is 1. The average Bonchev–Trinajstić information content (AvgIpc) is 3.44. The standard InChI is InChI=1S/C34H40N4O5/c1-24(40)35-18-6-2-3-9-33(41)36-20-25-10-16-28(17-11-25)34-42-29(21-38-23-37-30-7-4-5-8-31(30)38)19-32(43-34)27-14-12-26(22-39)13-15-27/h4-5,7-8,10-17,23,29,32,34,39H,2-3,6,9,18-22H2,1H3,(H,35,40)(H,36,41)/t29-,32+,34+/m1/s1. The molecule has 9 heteroatoms. The van der Waals surface area contributed by atoms with Crippen molar-refractivity contribution >= 4 is 22.8 Å². The number of nitrogens with zero attached hydrogens (tertiary/aromatic N) is 2. The molecule has 1 aliphatic rings. The number of carbonyl (C=O) groups is 2. The summed E-state index contributed by atoms with van der Waals surface area (Å²) in [7, 11) is 0. The Bertz CT molecular complexity index is 1480. The zero-order valence-electron chi connectivity index (χ0n) is 24.6. The summed E-state index contributed by atoms with van der Waals surface area (Å²) in [5.74, 6) is -0.00534. The lowest BCUT2D eigenvalue weighted by molar-refractivity contribution is -0.252. The summed E-state index contributed by atoms with van der Waals surface area (Å²) in [5.41, 5.74) is 5.82. The van der Waals surface area contributed by atoms with Crippen LogP contribution < -0.4 is 10.6 Å². The third kappa shape index (κ3) is 8.50. The fraction of sp³-hybridized carbons (Fsp3) is 0.382. The first-order chi connectivity index (χ1) is 21.0. The molecule has 0 unspecified atom stereocenters. The van der Waals surface area contributed by atoms with E-state index >= 15 is 0 Å². The molecule has 9 nitrogen and oxygen atoms in total. The predicted octanol–water partition coefficient (Wildman–Crippen LogP) is 5.09. The highest BCUT2D eigenvalue weighted by molar-refractivity contribution is 5.76. The predicted molar refractivity (Wildman–Crippen MR) is 164 cm³/mol. The SMILES string of the molecule is CC(=O)NCCCCCC(=O)NCc1ccc([C@H]2O[C@@H](Cn3cnc4ccccc43)C[C@@H](c3ccc(CO)cc3)O2)cc1. The van der Waals surface area contributed by atoms with Gasteiger partial charge < -0.3 is 29.8 Å². The maximum Gasteiger partial charge on any atom is 0.220 e. The highest BCUT2D eigenvalue weighted by Gasteiger charge is 2.32. The summed E-state index contributed by atoms with van der Waals surface area (Å²) >= 11 is 0. The largest absolute Gasteiger partial charge is 0.392 e. The third-order valence-electron chi connectivity index (χ3n) is 7.74. The fourth-order valence-corrected chi connectivity index (χ4v) is 5.34. The van der Waals surface area contributed by atoms with Crippen molar-refractivity contribution in [2.75, 3.05) is 6.54 Å². The van der Waals surface area contributed by atoms with Gasteiger partial charge in [0, 0.05) is 38.4 Å². The van der Waals surface area contributed by atoms with E-state index in [-0.39, 0.29) is 30.6 Å². The smallest absolute Gasteiger partial charge is 0.220 e. The minimum atomic E-state index is -0.558. The van der Waals surface area contributed by atoms with Gasteiger partial charge in [-0.25, -0.2) is 4.98 Å². The van der Waals surface area contributed by atoms with Crippen LogP contribution in [-0.2, 0) is 38.8 Å². The highest BCUT2D eigenvalue weighted by atomic mass is 16.7. The monoisotopic (exact) mass is 584 g/mol. The number of aromatic nitrogens is 2. The van der Waals surface area contributed by atoms with Gasteiger partial charge in [-0.1, -0.05) is 67.1 Å². The molecule has 0 bridgehead atoms. The summed E-state index contributed by atoms with van der Waals surface area (Å²) in [5, 5.41) is 15.2. The second kappa shape index (κ2) is 14.9. The second-order valence-electron chi connectivity index (χ2n) is 11.0. The highest BCUT2D eigenvalue weighted by Crippen LogP contribution is 2.38. The number of rotatable bonds is 13. The van der Waals surface area contributed by atoms with E-state index in [1.165, 1.54) is 6.92 Å². The van der Waals surface area contributed by atoms with Crippen LogP contribution in [-0.4, -0.2) is 39.1 Å². The van der Waals surface area contributed by atoms with Crippen molar-refractivity contribution in [2.24, 2.45) is 0 Å². The Kier molecular flexibility index (Phi) is 10.5. The zero-order chi connectivity index (χ0) is 30.0. The van der Waals surface area contributed by atoms with Crippen molar-refractivity contribution in [2.45, 2.75) is 77.2 Å². The number of hydrogen-bond donors (Lipinski definition) is 3. The lowest BCUT2D eigenvalue weighted by Crippen LogP contribution is -2.32. The topological polar surface area (TPSA) is 115 Å². The molecule has 1 fully saturated rings. The summed E-state index contributed by atoms with van der Waals surface area (Å²) in [6.07, 6.45) is 4.72. The molecule has 226 valence electrons. The molecular weight excluding hydrogens is 544 g/mol. The Morgan fingerprint density at radius 3 is 2.42 bits per heavy atom. The van der Waals surface area contributed by atoms with E-state index in [0.717, 1.165) is 52.5 Å². The van der Waals surface area contributed by atoms with Crippen molar-refractivity contribution in [1.29, 1.82) is 0 Å². The van der Waals surface area contributed by atoms with E-state index < -0.39 is 6.29 Å². The first kappa shape index (κ1) is 30.4. The lowest BCUT2D eigenvalue weighted by atomic mass is 9.99. The first-order valence-corrected chi connectivity index (χ1v) is 15.0. The van der Waals surface area contributed by atoms with Crippen molar-refractivity contribution in [3.63, 3.8) is 0 Å². The van der Waals surface area contributed by atoms with Gasteiger partial charge in [-0.05, 0) is 41.7 Å². The van der Waals surface area contributed by atoms with Gasteiger partial charge in [-0.2, -0.15) is 0 Å². The molecule has 1 saturated heterocycles. The number of nitrogens with one attached hydrogen (secondary N) is 2. The first-order valence-electron chi connectivity index (χ1n) is 15.0. The van der Waals surface area contributed by atoms with Gasteiger partial charge in [-0.3, -0.25) is 9.59 Å². The van der Waals surface area contributed by atoms with Gasteiger partial charge in [0.15, 0.2) is 6.29 Å². The Labute approximate surface area is 252 Å². The van der Waals surface area contributed by atoms with Crippen molar-refractivity contribution in [3.8, 4) is 0 Å². The summed E-state index contributed by atoms with van der Waals surface area (Å²) < 4.78 is 15.1. The number of amides is 2.